The molecule has 2 heterocycles. The maximum Gasteiger partial charge on any atom is 0.229 e. The van der Waals surface area contributed by atoms with Crippen molar-refractivity contribution < 1.29 is 14.3 Å². The predicted molar refractivity (Wildman–Crippen MR) is 90.7 cm³/mol. The number of rotatable bonds is 6. The van der Waals surface area contributed by atoms with Gasteiger partial charge in [0.25, 0.3) is 0 Å². The molecule has 1 saturated heterocycles. The molecule has 1 saturated carbocycles. The van der Waals surface area contributed by atoms with Gasteiger partial charge in [0.05, 0.1) is 31.8 Å². The van der Waals surface area contributed by atoms with Crippen LogP contribution in [0.1, 0.15) is 18.5 Å². The Hall–Kier alpha value is -1.50. The van der Waals surface area contributed by atoms with E-state index in [9.17, 15) is 4.79 Å². The molecule has 1 aliphatic carbocycles. The van der Waals surface area contributed by atoms with Crippen LogP contribution >= 0.6 is 0 Å². The first kappa shape index (κ1) is 17.3. The highest BCUT2D eigenvalue weighted by Crippen LogP contribution is 2.32. The maximum atomic E-state index is 12.7. The van der Waals surface area contributed by atoms with E-state index in [0.29, 0.717) is 26.2 Å². The average molecular weight is 333 g/mol. The van der Waals surface area contributed by atoms with E-state index in [-0.39, 0.29) is 24.2 Å². The zero-order chi connectivity index (χ0) is 16.9. The molecule has 24 heavy (non-hydrogen) atoms. The summed E-state index contributed by atoms with van der Waals surface area (Å²) in [6, 6.07) is 5.82. The number of hydrogen-bond acceptors (Lipinski definition) is 5. The Morgan fingerprint density at radius 3 is 3.04 bits per heavy atom. The first-order chi connectivity index (χ1) is 11.6. The van der Waals surface area contributed by atoms with Crippen molar-refractivity contribution in [1.82, 2.24) is 14.8 Å². The summed E-state index contributed by atoms with van der Waals surface area (Å²) in [5.41, 5.74) is 0.822. The average Bonchev–Trinajstić information content (AvgIpc) is 2.99. The molecule has 3 atom stereocenters. The van der Waals surface area contributed by atoms with Gasteiger partial charge in [-0.2, -0.15) is 0 Å². The molecule has 6 heteroatoms. The Bertz CT molecular complexity index is 538. The largest absolute Gasteiger partial charge is 0.374 e. The van der Waals surface area contributed by atoms with E-state index in [4.69, 9.17) is 9.47 Å². The van der Waals surface area contributed by atoms with E-state index in [1.165, 1.54) is 0 Å². The lowest BCUT2D eigenvalue weighted by molar-refractivity contribution is -0.151. The van der Waals surface area contributed by atoms with E-state index in [1.807, 2.05) is 37.2 Å². The lowest BCUT2D eigenvalue weighted by Crippen LogP contribution is -2.54. The van der Waals surface area contributed by atoms with E-state index >= 15 is 0 Å². The summed E-state index contributed by atoms with van der Waals surface area (Å²) in [5, 5.41) is 0. The molecule has 0 bridgehead atoms. The molecule has 1 amide bonds. The lowest BCUT2D eigenvalue weighted by Gasteiger charge is -2.39. The molecular formula is C18H27N3O3. The van der Waals surface area contributed by atoms with Gasteiger partial charge in [-0.1, -0.05) is 6.07 Å². The van der Waals surface area contributed by atoms with E-state index in [0.717, 1.165) is 25.1 Å². The number of carbonyl (C=O) groups excluding carboxylic acids is 1. The van der Waals surface area contributed by atoms with Gasteiger partial charge < -0.3 is 19.3 Å². The number of ether oxygens (including phenoxy) is 2. The van der Waals surface area contributed by atoms with Crippen molar-refractivity contribution in [2.45, 2.75) is 37.5 Å². The normalized spacial score (nSPS) is 26.6. The van der Waals surface area contributed by atoms with Crippen molar-refractivity contribution in [3.63, 3.8) is 0 Å². The Labute approximate surface area is 143 Å². The number of pyridine rings is 1. The molecule has 6 nitrogen and oxygen atoms in total. The molecule has 1 aromatic rings. The summed E-state index contributed by atoms with van der Waals surface area (Å²) in [6.07, 6.45) is 4.10. The van der Waals surface area contributed by atoms with Crippen LogP contribution in [0.25, 0.3) is 0 Å². The molecule has 0 unspecified atom stereocenters. The molecule has 1 aromatic heterocycles. The van der Waals surface area contributed by atoms with E-state index < -0.39 is 0 Å². The highest BCUT2D eigenvalue weighted by Gasteiger charge is 2.44. The second kappa shape index (κ2) is 8.05. The van der Waals surface area contributed by atoms with Crippen LogP contribution in [0.2, 0.25) is 0 Å². The van der Waals surface area contributed by atoms with Crippen LogP contribution in [0.5, 0.6) is 0 Å². The summed E-state index contributed by atoms with van der Waals surface area (Å²) >= 11 is 0. The fourth-order valence-corrected chi connectivity index (χ4v) is 3.55. The van der Waals surface area contributed by atoms with Crippen molar-refractivity contribution >= 4 is 5.91 Å². The molecule has 132 valence electrons. The first-order valence-electron chi connectivity index (χ1n) is 8.72. The molecular weight excluding hydrogens is 306 g/mol. The maximum absolute atomic E-state index is 12.7. The van der Waals surface area contributed by atoms with Gasteiger partial charge in [0, 0.05) is 25.0 Å². The Morgan fingerprint density at radius 1 is 1.42 bits per heavy atom. The second-order valence-corrected chi connectivity index (χ2v) is 6.78. The number of carbonyl (C=O) groups is 1. The molecule has 0 aromatic carbocycles. The summed E-state index contributed by atoms with van der Waals surface area (Å²) in [6.45, 7) is 2.85. The number of likely N-dealkylation sites (N-methyl/N-ethyl adjacent to an activating group) is 1. The summed E-state index contributed by atoms with van der Waals surface area (Å²) in [5.74, 6) is 0.140. The van der Waals surface area contributed by atoms with Crippen LogP contribution in [0.3, 0.4) is 0 Å². The van der Waals surface area contributed by atoms with Crippen molar-refractivity contribution in [3.8, 4) is 0 Å². The number of hydrogen-bond donors (Lipinski definition) is 0. The number of morpholine rings is 1. The minimum absolute atomic E-state index is 0.00796. The smallest absolute Gasteiger partial charge is 0.229 e. The monoisotopic (exact) mass is 333 g/mol. The van der Waals surface area contributed by atoms with E-state index in [1.54, 1.807) is 6.20 Å². The van der Waals surface area contributed by atoms with Crippen LogP contribution in [0.15, 0.2) is 24.4 Å². The fraction of sp³-hybridized carbons (Fsp3) is 0.667. The van der Waals surface area contributed by atoms with Crippen LogP contribution in [-0.4, -0.2) is 79.3 Å². The third-order valence-corrected chi connectivity index (χ3v) is 4.78. The van der Waals surface area contributed by atoms with Gasteiger partial charge in [-0.25, -0.2) is 0 Å². The zero-order valence-electron chi connectivity index (χ0n) is 14.6. The number of fused-ring (bicyclic) bond motifs is 1. The van der Waals surface area contributed by atoms with Crippen molar-refractivity contribution in [1.29, 1.82) is 0 Å². The minimum Gasteiger partial charge on any atom is -0.374 e. The zero-order valence-corrected chi connectivity index (χ0v) is 14.6. The molecule has 0 spiro atoms. The SMILES string of the molecule is CN(C)CCO[C@@H]1CC[C@H]2[C@H]1OCCN2C(=O)Cc1ccccn1. The molecule has 3 rings (SSSR count). The summed E-state index contributed by atoms with van der Waals surface area (Å²) in [7, 11) is 4.08. The molecule has 0 N–H and O–H groups in total. The Kier molecular flexibility index (Phi) is 5.81. The standard InChI is InChI=1S/C18H27N3O3/c1-20(2)9-11-23-16-7-6-15-18(16)24-12-10-21(15)17(22)13-14-5-3-4-8-19-14/h3-5,8,15-16,18H,6-7,9-13H2,1-2H3/t15-,16+,18+/m0/s1. The lowest BCUT2D eigenvalue weighted by atomic mass is 10.1. The Balaban J connectivity index is 1.57. The van der Waals surface area contributed by atoms with Crippen LogP contribution in [-0.2, 0) is 20.7 Å². The minimum atomic E-state index is 0.00796. The van der Waals surface area contributed by atoms with Gasteiger partial charge in [0.15, 0.2) is 0 Å². The molecule has 0 radical (unpaired) electrons. The number of amides is 1. The number of aromatic nitrogens is 1. The van der Waals surface area contributed by atoms with Gasteiger partial charge in [-0.05, 0) is 39.1 Å². The van der Waals surface area contributed by atoms with Gasteiger partial charge in [-0.3, -0.25) is 9.78 Å². The molecule has 1 aliphatic heterocycles. The molecule has 2 fully saturated rings. The van der Waals surface area contributed by atoms with Crippen molar-refractivity contribution in [3.05, 3.63) is 30.1 Å². The van der Waals surface area contributed by atoms with Crippen LogP contribution in [0, 0.1) is 0 Å². The van der Waals surface area contributed by atoms with Crippen LogP contribution in [0.4, 0.5) is 0 Å². The molecule has 2 aliphatic rings. The van der Waals surface area contributed by atoms with Crippen LogP contribution < -0.4 is 0 Å². The second-order valence-electron chi connectivity index (χ2n) is 6.78. The van der Waals surface area contributed by atoms with Gasteiger partial charge >= 0.3 is 0 Å². The topological polar surface area (TPSA) is 54.9 Å². The van der Waals surface area contributed by atoms with Crippen molar-refractivity contribution in [2.75, 3.05) is 40.4 Å². The van der Waals surface area contributed by atoms with Gasteiger partial charge in [-0.15, -0.1) is 0 Å². The predicted octanol–water partition coefficient (Wildman–Crippen LogP) is 0.961. The third kappa shape index (κ3) is 4.12. The highest BCUT2D eigenvalue weighted by molar-refractivity contribution is 5.79. The Morgan fingerprint density at radius 2 is 2.29 bits per heavy atom. The van der Waals surface area contributed by atoms with Gasteiger partial charge in [0.2, 0.25) is 5.91 Å². The summed E-state index contributed by atoms with van der Waals surface area (Å²) in [4.78, 5) is 21.1. The number of nitrogens with zero attached hydrogens (tertiary/aromatic N) is 3. The van der Waals surface area contributed by atoms with Crippen molar-refractivity contribution in [2.24, 2.45) is 0 Å². The first-order valence-corrected chi connectivity index (χ1v) is 8.72. The highest BCUT2D eigenvalue weighted by atomic mass is 16.5. The quantitative estimate of drug-likeness (QED) is 0.776. The van der Waals surface area contributed by atoms with E-state index in [2.05, 4.69) is 9.88 Å². The van der Waals surface area contributed by atoms with Gasteiger partial charge in [0.1, 0.15) is 6.10 Å². The third-order valence-electron chi connectivity index (χ3n) is 4.78. The fourth-order valence-electron chi connectivity index (χ4n) is 3.55. The summed E-state index contributed by atoms with van der Waals surface area (Å²) < 4.78 is 12.0.